The molecule has 4 aliphatic rings. The maximum Gasteiger partial charge on any atom is 0.410 e. The standard InChI is InChI=1S/C40H66N2O10/c1-8-32(45)28(4)37-33(50-37)25-39(5,48)18-9-10-26(2)36-27(3)11-12-34(40(6,49-7)19-13-31(44)24-35(46)52-36)51-38(47)42-20-14-29(15-21-42)41-22-16-30(43)17-23-41/h9-12,18,27-34,36-37,43-45,48H,8,13-17,19-25H2,1-7H3/b12-11+,18-9+,26-10+. The van der Waals surface area contributed by atoms with Crippen LogP contribution >= 0.6 is 0 Å². The van der Waals surface area contributed by atoms with E-state index in [0.29, 0.717) is 38.4 Å². The molecule has 10 unspecified atom stereocenters. The summed E-state index contributed by atoms with van der Waals surface area (Å²) in [7, 11) is 1.56. The Labute approximate surface area is 310 Å². The molecule has 0 aromatic rings. The van der Waals surface area contributed by atoms with Crippen LogP contribution in [0.25, 0.3) is 0 Å². The SMILES string of the molecule is CCC(O)C(C)C1OC1CC(C)(O)/C=C/C=C(\C)C1OC(=O)CC(O)CCC(C)(OC)C(OC(=O)N2CCC(N3CCC(O)CC3)CC2)/C=C/C1C. The Morgan fingerprint density at radius 3 is 2.42 bits per heavy atom. The summed E-state index contributed by atoms with van der Waals surface area (Å²) in [5, 5.41) is 42.0. The highest BCUT2D eigenvalue weighted by Gasteiger charge is 2.47. The van der Waals surface area contributed by atoms with Gasteiger partial charge in [-0.05, 0) is 77.4 Å². The molecule has 0 aromatic carbocycles. The highest BCUT2D eigenvalue weighted by atomic mass is 16.6. The van der Waals surface area contributed by atoms with Crippen molar-refractivity contribution in [2.24, 2.45) is 11.8 Å². The van der Waals surface area contributed by atoms with Crippen molar-refractivity contribution < 1.29 is 49.0 Å². The third-order valence-electron chi connectivity index (χ3n) is 11.8. The number of aliphatic hydroxyl groups excluding tert-OH is 3. The van der Waals surface area contributed by atoms with Crippen LogP contribution in [0.3, 0.4) is 0 Å². The number of cyclic esters (lactones) is 1. The maximum absolute atomic E-state index is 13.6. The number of ether oxygens (including phenoxy) is 4. The molecule has 0 saturated carbocycles. The zero-order valence-electron chi connectivity index (χ0n) is 32.5. The van der Waals surface area contributed by atoms with Gasteiger partial charge in [-0.1, -0.05) is 45.1 Å². The van der Waals surface area contributed by atoms with Gasteiger partial charge in [0.2, 0.25) is 0 Å². The van der Waals surface area contributed by atoms with Gasteiger partial charge in [-0.3, -0.25) is 4.79 Å². The highest BCUT2D eigenvalue weighted by Crippen LogP contribution is 2.38. The Hall–Kier alpha value is -2.32. The molecule has 0 radical (unpaired) electrons. The van der Waals surface area contributed by atoms with Gasteiger partial charge in [0.05, 0.1) is 42.5 Å². The van der Waals surface area contributed by atoms with Crippen molar-refractivity contribution in [3.05, 3.63) is 36.0 Å². The monoisotopic (exact) mass is 734 g/mol. The number of aliphatic hydroxyl groups is 4. The second-order valence-corrected chi connectivity index (χ2v) is 16.2. The van der Waals surface area contributed by atoms with Gasteiger partial charge in [-0.2, -0.15) is 0 Å². The molecule has 3 saturated heterocycles. The number of piperidine rings is 2. The number of rotatable bonds is 11. The van der Waals surface area contributed by atoms with Gasteiger partial charge in [0.25, 0.3) is 0 Å². The number of esters is 1. The Bertz CT molecular complexity index is 1250. The number of hydrogen-bond acceptors (Lipinski definition) is 11. The minimum absolute atomic E-state index is 0.00951. The van der Waals surface area contributed by atoms with E-state index in [1.54, 1.807) is 37.2 Å². The normalized spacial score (nSPS) is 35.2. The third kappa shape index (κ3) is 11.8. The predicted molar refractivity (Wildman–Crippen MR) is 197 cm³/mol. The fraction of sp³-hybridized carbons (Fsp3) is 0.800. The van der Waals surface area contributed by atoms with Crippen molar-refractivity contribution in [3.63, 3.8) is 0 Å². The Kier molecular flexibility index (Phi) is 15.4. The first-order valence-corrected chi connectivity index (χ1v) is 19.5. The van der Waals surface area contributed by atoms with Crippen molar-refractivity contribution in [2.45, 2.75) is 159 Å². The molecule has 4 rings (SSSR count). The van der Waals surface area contributed by atoms with Crippen LogP contribution in [0, 0.1) is 11.8 Å². The summed E-state index contributed by atoms with van der Waals surface area (Å²) >= 11 is 0. The van der Waals surface area contributed by atoms with E-state index < -0.39 is 47.7 Å². The van der Waals surface area contributed by atoms with Crippen LogP contribution < -0.4 is 0 Å². The van der Waals surface area contributed by atoms with Crippen LogP contribution in [0.4, 0.5) is 4.79 Å². The fourth-order valence-corrected chi connectivity index (χ4v) is 7.86. The predicted octanol–water partition coefficient (Wildman–Crippen LogP) is 4.28. The largest absolute Gasteiger partial charge is 0.457 e. The molecule has 4 heterocycles. The van der Waals surface area contributed by atoms with Gasteiger partial charge < -0.3 is 49.2 Å². The number of amides is 1. The fourth-order valence-electron chi connectivity index (χ4n) is 7.86. The molecular weight excluding hydrogens is 668 g/mol. The first-order valence-electron chi connectivity index (χ1n) is 19.5. The van der Waals surface area contributed by atoms with Crippen LogP contribution in [0.2, 0.25) is 0 Å². The molecule has 52 heavy (non-hydrogen) atoms. The van der Waals surface area contributed by atoms with Crippen LogP contribution in [-0.4, -0.2) is 136 Å². The first kappa shape index (κ1) is 42.4. The van der Waals surface area contributed by atoms with Gasteiger partial charge >= 0.3 is 12.1 Å². The van der Waals surface area contributed by atoms with Crippen molar-refractivity contribution in [2.75, 3.05) is 33.3 Å². The smallest absolute Gasteiger partial charge is 0.410 e. The van der Waals surface area contributed by atoms with Crippen molar-refractivity contribution in [1.82, 2.24) is 9.80 Å². The summed E-state index contributed by atoms with van der Waals surface area (Å²) in [6, 6.07) is 0.384. The molecule has 0 aromatic heterocycles. The maximum atomic E-state index is 13.6. The van der Waals surface area contributed by atoms with Gasteiger partial charge in [-0.15, -0.1) is 0 Å². The van der Waals surface area contributed by atoms with E-state index in [1.165, 1.54) is 0 Å². The van der Waals surface area contributed by atoms with Crippen LogP contribution in [0.5, 0.6) is 0 Å². The molecule has 296 valence electrons. The lowest BCUT2D eigenvalue weighted by Crippen LogP contribution is -2.51. The molecule has 0 bridgehead atoms. The summed E-state index contributed by atoms with van der Waals surface area (Å²) in [6.07, 6.45) is 9.91. The number of allylic oxidation sites excluding steroid dienone is 2. The average molecular weight is 735 g/mol. The molecule has 10 atom stereocenters. The number of nitrogens with zero attached hydrogens (tertiary/aromatic N) is 2. The van der Waals surface area contributed by atoms with E-state index in [-0.39, 0.29) is 43.0 Å². The molecule has 4 N–H and O–H groups in total. The average Bonchev–Trinajstić information content (AvgIpc) is 3.88. The molecule has 1 amide bonds. The number of carbonyl (C=O) groups is 2. The molecule has 12 nitrogen and oxygen atoms in total. The molecule has 0 aliphatic carbocycles. The molecule has 3 fully saturated rings. The topological polar surface area (TPSA) is 162 Å². The van der Waals surface area contributed by atoms with Crippen LogP contribution in [0.15, 0.2) is 36.0 Å². The number of hydrogen-bond donors (Lipinski definition) is 4. The van der Waals surface area contributed by atoms with E-state index in [9.17, 15) is 30.0 Å². The van der Waals surface area contributed by atoms with Gasteiger partial charge in [0, 0.05) is 57.6 Å². The summed E-state index contributed by atoms with van der Waals surface area (Å²) in [5.41, 5.74) is -1.38. The zero-order valence-corrected chi connectivity index (χ0v) is 32.5. The lowest BCUT2D eigenvalue weighted by Gasteiger charge is -2.41. The zero-order chi connectivity index (χ0) is 38.2. The minimum atomic E-state index is -1.15. The highest BCUT2D eigenvalue weighted by molar-refractivity contribution is 5.70. The second-order valence-electron chi connectivity index (χ2n) is 16.2. The first-order chi connectivity index (χ1) is 24.6. The van der Waals surface area contributed by atoms with Crippen LogP contribution in [-0.2, 0) is 23.7 Å². The minimum Gasteiger partial charge on any atom is -0.457 e. The van der Waals surface area contributed by atoms with Crippen molar-refractivity contribution >= 4 is 12.1 Å². The van der Waals surface area contributed by atoms with E-state index >= 15 is 0 Å². The molecular formula is C40H66N2O10. The molecule has 0 spiro atoms. The summed E-state index contributed by atoms with van der Waals surface area (Å²) in [6.45, 7) is 14.1. The van der Waals surface area contributed by atoms with E-state index in [2.05, 4.69) is 4.90 Å². The summed E-state index contributed by atoms with van der Waals surface area (Å²) in [5.74, 6) is -0.864. The second kappa shape index (κ2) is 18.8. The Balaban J connectivity index is 1.44. The number of epoxide rings is 1. The summed E-state index contributed by atoms with van der Waals surface area (Å²) in [4.78, 5) is 30.8. The molecule has 4 aliphatic heterocycles. The number of methoxy groups -OCH3 is 1. The van der Waals surface area contributed by atoms with Gasteiger partial charge in [-0.25, -0.2) is 4.79 Å². The van der Waals surface area contributed by atoms with E-state index in [1.807, 2.05) is 46.8 Å². The van der Waals surface area contributed by atoms with Gasteiger partial charge in [0.1, 0.15) is 11.7 Å². The van der Waals surface area contributed by atoms with E-state index in [4.69, 9.17) is 18.9 Å². The lowest BCUT2D eigenvalue weighted by molar-refractivity contribution is -0.151. The van der Waals surface area contributed by atoms with Crippen LogP contribution in [0.1, 0.15) is 99.3 Å². The van der Waals surface area contributed by atoms with Crippen molar-refractivity contribution in [3.8, 4) is 0 Å². The van der Waals surface area contributed by atoms with Crippen molar-refractivity contribution in [1.29, 1.82) is 0 Å². The number of carbonyl (C=O) groups excluding carboxylic acids is 2. The number of likely N-dealkylation sites (tertiary alicyclic amines) is 2. The Morgan fingerprint density at radius 2 is 1.79 bits per heavy atom. The van der Waals surface area contributed by atoms with E-state index in [0.717, 1.165) is 44.3 Å². The quantitative estimate of drug-likeness (QED) is 0.104. The third-order valence-corrected chi connectivity index (χ3v) is 11.8. The summed E-state index contributed by atoms with van der Waals surface area (Å²) < 4.78 is 23.8. The lowest BCUT2D eigenvalue weighted by atomic mass is 9.88. The van der Waals surface area contributed by atoms with Gasteiger partial charge in [0.15, 0.2) is 6.10 Å². The molecule has 12 heteroatoms. The Morgan fingerprint density at radius 1 is 1.12 bits per heavy atom.